The number of ether oxygens (including phenoxy) is 1. The zero-order valence-electron chi connectivity index (χ0n) is 28.7. The number of rotatable bonds is 4. The van der Waals surface area contributed by atoms with Crippen LogP contribution in [0.2, 0.25) is 0 Å². The molecule has 0 saturated heterocycles. The van der Waals surface area contributed by atoms with Crippen LogP contribution in [-0.4, -0.2) is 19.9 Å². The van der Waals surface area contributed by atoms with Gasteiger partial charge in [-0.15, -0.1) is 0 Å². The van der Waals surface area contributed by atoms with Crippen molar-refractivity contribution >= 4 is 0 Å². The summed E-state index contributed by atoms with van der Waals surface area (Å²) in [6.07, 6.45) is 0. The monoisotopic (exact) mass is 668 g/mol. The van der Waals surface area contributed by atoms with E-state index in [1.54, 1.807) is 0 Å². The standard InChI is InChI=1S/C47H32N4O/c1-29-24-26-33(30(2)48-29)34-16-6-7-18-37(34)46-50-44(31-14-4-3-5-15-31)49-45(51-46)32-25-27-36-35-17-8-9-19-38(35)47(41(36)28-32)39-20-10-12-22-42(39)52-43-23-13-11-21-40(43)47/h3-28H,1-2H3. The maximum absolute atomic E-state index is 6.56. The van der Waals surface area contributed by atoms with Gasteiger partial charge in [0, 0.05) is 44.8 Å². The number of nitrogens with zero attached hydrogens (tertiary/aromatic N) is 4. The molecule has 6 aromatic carbocycles. The van der Waals surface area contributed by atoms with Crippen molar-refractivity contribution in [1.82, 2.24) is 19.9 Å². The van der Waals surface area contributed by atoms with Crippen LogP contribution < -0.4 is 4.74 Å². The third kappa shape index (κ3) is 4.49. The first-order valence-corrected chi connectivity index (χ1v) is 17.6. The van der Waals surface area contributed by atoms with Gasteiger partial charge in [0.05, 0.1) is 5.41 Å². The Kier molecular flexibility index (Phi) is 6.77. The third-order valence-corrected chi connectivity index (χ3v) is 10.5. The van der Waals surface area contributed by atoms with Gasteiger partial charge in [-0.3, -0.25) is 4.98 Å². The highest BCUT2D eigenvalue weighted by Gasteiger charge is 2.51. The van der Waals surface area contributed by atoms with Crippen LogP contribution in [0.15, 0.2) is 158 Å². The normalized spacial score (nSPS) is 13.1. The molecular formula is C47H32N4O. The summed E-state index contributed by atoms with van der Waals surface area (Å²) in [6, 6.07) is 54.9. The van der Waals surface area contributed by atoms with Crippen molar-refractivity contribution in [3.63, 3.8) is 0 Å². The molecule has 1 aliphatic carbocycles. The molecule has 0 bridgehead atoms. The molecule has 8 aromatic rings. The van der Waals surface area contributed by atoms with Crippen molar-refractivity contribution in [2.45, 2.75) is 19.3 Å². The zero-order valence-corrected chi connectivity index (χ0v) is 28.7. The van der Waals surface area contributed by atoms with Gasteiger partial charge in [-0.1, -0.05) is 133 Å². The van der Waals surface area contributed by atoms with Crippen molar-refractivity contribution in [2.24, 2.45) is 0 Å². The second kappa shape index (κ2) is 11.7. The largest absolute Gasteiger partial charge is 0.457 e. The maximum Gasteiger partial charge on any atom is 0.164 e. The van der Waals surface area contributed by atoms with Gasteiger partial charge in [0.2, 0.25) is 0 Å². The van der Waals surface area contributed by atoms with Gasteiger partial charge in [-0.25, -0.2) is 15.0 Å². The van der Waals surface area contributed by atoms with Crippen LogP contribution in [0.3, 0.4) is 0 Å². The van der Waals surface area contributed by atoms with Crippen LogP contribution in [0.5, 0.6) is 11.5 Å². The molecule has 2 aliphatic rings. The Morgan fingerprint density at radius 3 is 1.63 bits per heavy atom. The lowest BCUT2D eigenvalue weighted by molar-refractivity contribution is 0.436. The summed E-state index contributed by atoms with van der Waals surface area (Å²) < 4.78 is 6.56. The lowest BCUT2D eigenvalue weighted by Crippen LogP contribution is -2.32. The summed E-state index contributed by atoms with van der Waals surface area (Å²) in [5.74, 6) is 3.56. The van der Waals surface area contributed by atoms with E-state index in [1.165, 1.54) is 22.3 Å². The van der Waals surface area contributed by atoms with Gasteiger partial charge < -0.3 is 4.74 Å². The molecule has 1 aliphatic heterocycles. The van der Waals surface area contributed by atoms with Crippen LogP contribution in [0.25, 0.3) is 56.4 Å². The van der Waals surface area contributed by atoms with Crippen molar-refractivity contribution in [2.75, 3.05) is 0 Å². The first-order valence-electron chi connectivity index (χ1n) is 17.6. The molecule has 0 fully saturated rings. The van der Waals surface area contributed by atoms with Gasteiger partial charge in [-0.2, -0.15) is 0 Å². The molecule has 3 heterocycles. The SMILES string of the molecule is Cc1ccc(-c2ccccc2-c2nc(-c3ccccc3)nc(-c3ccc4c(c3)C3(c5ccccc5Oc5ccccc53)c3ccccc3-4)n2)c(C)n1. The van der Waals surface area contributed by atoms with Crippen molar-refractivity contribution < 1.29 is 4.74 Å². The van der Waals surface area contributed by atoms with E-state index >= 15 is 0 Å². The van der Waals surface area contributed by atoms with E-state index in [0.717, 1.165) is 61.8 Å². The van der Waals surface area contributed by atoms with Crippen LogP contribution in [0, 0.1) is 13.8 Å². The number of para-hydroxylation sites is 2. The molecule has 5 nitrogen and oxygen atoms in total. The average molecular weight is 669 g/mol. The fourth-order valence-electron chi connectivity index (χ4n) is 8.22. The quantitative estimate of drug-likeness (QED) is 0.187. The van der Waals surface area contributed by atoms with Crippen LogP contribution in [0.1, 0.15) is 33.6 Å². The smallest absolute Gasteiger partial charge is 0.164 e. The van der Waals surface area contributed by atoms with Gasteiger partial charge in [0.15, 0.2) is 17.5 Å². The lowest BCUT2D eigenvalue weighted by atomic mass is 9.66. The van der Waals surface area contributed by atoms with Gasteiger partial charge in [-0.05, 0) is 65.9 Å². The lowest BCUT2D eigenvalue weighted by Gasteiger charge is -2.39. The van der Waals surface area contributed by atoms with Gasteiger partial charge >= 0.3 is 0 Å². The first kappa shape index (κ1) is 30.1. The predicted octanol–water partition coefficient (Wildman–Crippen LogP) is 11.0. The molecule has 0 radical (unpaired) electrons. The first-order chi connectivity index (χ1) is 25.6. The molecule has 0 saturated carbocycles. The van der Waals surface area contributed by atoms with Gasteiger partial charge in [0.1, 0.15) is 11.5 Å². The van der Waals surface area contributed by atoms with Crippen molar-refractivity contribution in [3.05, 3.63) is 191 Å². The minimum atomic E-state index is -0.589. The molecule has 2 aromatic heterocycles. The number of hydrogen-bond acceptors (Lipinski definition) is 5. The fraction of sp³-hybridized carbons (Fsp3) is 0.0638. The predicted molar refractivity (Wildman–Crippen MR) is 206 cm³/mol. The van der Waals surface area contributed by atoms with Gasteiger partial charge in [0.25, 0.3) is 0 Å². The van der Waals surface area contributed by atoms with E-state index in [1.807, 2.05) is 55.5 Å². The van der Waals surface area contributed by atoms with E-state index in [0.29, 0.717) is 17.5 Å². The molecule has 5 heteroatoms. The molecule has 1 spiro atoms. The van der Waals surface area contributed by atoms with E-state index < -0.39 is 5.41 Å². The highest BCUT2D eigenvalue weighted by molar-refractivity contribution is 5.90. The summed E-state index contributed by atoms with van der Waals surface area (Å²) in [7, 11) is 0. The zero-order chi connectivity index (χ0) is 34.8. The van der Waals surface area contributed by atoms with Crippen LogP contribution >= 0.6 is 0 Å². The van der Waals surface area contributed by atoms with E-state index in [4.69, 9.17) is 24.7 Å². The molecule has 0 unspecified atom stereocenters. The Labute approximate surface area is 302 Å². The Morgan fingerprint density at radius 1 is 0.385 bits per heavy atom. The maximum atomic E-state index is 6.56. The van der Waals surface area contributed by atoms with Crippen molar-refractivity contribution in [3.8, 4) is 67.9 Å². The van der Waals surface area contributed by atoms with Crippen LogP contribution in [0.4, 0.5) is 0 Å². The Bertz CT molecular complexity index is 2660. The second-order valence-corrected chi connectivity index (χ2v) is 13.5. The fourth-order valence-corrected chi connectivity index (χ4v) is 8.22. The highest BCUT2D eigenvalue weighted by atomic mass is 16.5. The minimum Gasteiger partial charge on any atom is -0.457 e. The number of benzene rings is 6. The van der Waals surface area contributed by atoms with E-state index in [9.17, 15) is 0 Å². The summed E-state index contributed by atoms with van der Waals surface area (Å²) in [5, 5.41) is 0. The number of pyridine rings is 1. The molecule has 0 N–H and O–H groups in total. The number of fused-ring (bicyclic) bond motifs is 9. The number of hydrogen-bond donors (Lipinski definition) is 0. The summed E-state index contributed by atoms with van der Waals surface area (Å²) in [6.45, 7) is 4.07. The number of aromatic nitrogens is 4. The van der Waals surface area contributed by atoms with E-state index in [-0.39, 0.29) is 0 Å². The second-order valence-electron chi connectivity index (χ2n) is 13.5. The Balaban J connectivity index is 1.23. The van der Waals surface area contributed by atoms with Crippen molar-refractivity contribution in [1.29, 1.82) is 0 Å². The molecule has 52 heavy (non-hydrogen) atoms. The Hall–Kier alpha value is -6.72. The summed E-state index contributed by atoms with van der Waals surface area (Å²) >= 11 is 0. The third-order valence-electron chi connectivity index (χ3n) is 10.5. The molecule has 10 rings (SSSR count). The molecule has 0 amide bonds. The summed E-state index contributed by atoms with van der Waals surface area (Å²) in [4.78, 5) is 20.3. The molecular weight excluding hydrogens is 637 g/mol. The Morgan fingerprint density at radius 2 is 0.923 bits per heavy atom. The average Bonchev–Trinajstić information content (AvgIpc) is 3.48. The minimum absolute atomic E-state index is 0.589. The highest BCUT2D eigenvalue weighted by Crippen LogP contribution is 2.62. The topological polar surface area (TPSA) is 60.8 Å². The number of aryl methyl sites for hydroxylation is 2. The van der Waals surface area contributed by atoms with Crippen LogP contribution in [-0.2, 0) is 5.41 Å². The summed E-state index contributed by atoms with van der Waals surface area (Å²) in [5.41, 5.74) is 13.3. The molecule has 0 atom stereocenters. The van der Waals surface area contributed by atoms with E-state index in [2.05, 4.69) is 116 Å². The molecule has 246 valence electrons.